The van der Waals surface area contributed by atoms with E-state index < -0.39 is 12.0 Å². The molecule has 0 saturated carbocycles. The molecule has 16 heavy (non-hydrogen) atoms. The van der Waals surface area contributed by atoms with Crippen LogP contribution in [0, 0.1) is 0 Å². The molecule has 0 aromatic rings. The number of carbonyl (C=O) groups excluding carboxylic acids is 1. The normalized spacial score (nSPS) is 11.7. The average molecular weight is 228 g/mol. The minimum Gasteiger partial charge on any atom is -0.480 e. The summed E-state index contributed by atoms with van der Waals surface area (Å²) in [5.41, 5.74) is 0.861. The predicted octanol–water partition coefficient (Wildman–Crippen LogP) is 1.46. The van der Waals surface area contributed by atoms with Crippen molar-refractivity contribution in [1.82, 2.24) is 10.2 Å². The van der Waals surface area contributed by atoms with Gasteiger partial charge in [0.05, 0.1) is 0 Å². The molecule has 5 nitrogen and oxygen atoms in total. The number of rotatable bonds is 6. The molecule has 92 valence electrons. The number of likely N-dealkylation sites (N-methyl/N-ethyl adjacent to an activating group) is 1. The Morgan fingerprint density at radius 3 is 2.31 bits per heavy atom. The molecule has 0 fully saturated rings. The lowest BCUT2D eigenvalue weighted by atomic mass is 10.2. The number of urea groups is 1. The summed E-state index contributed by atoms with van der Waals surface area (Å²) < 4.78 is 0. The van der Waals surface area contributed by atoms with E-state index in [-0.39, 0.29) is 6.03 Å². The van der Waals surface area contributed by atoms with Gasteiger partial charge in [-0.15, -0.1) is 0 Å². The quantitative estimate of drug-likeness (QED) is 0.676. The molecule has 0 unspecified atom stereocenters. The molecule has 0 saturated heterocycles. The van der Waals surface area contributed by atoms with Gasteiger partial charge in [0.15, 0.2) is 0 Å². The lowest BCUT2D eigenvalue weighted by molar-refractivity contribution is -0.139. The van der Waals surface area contributed by atoms with Crippen LogP contribution in [0.3, 0.4) is 0 Å². The molecule has 1 atom stereocenters. The van der Waals surface area contributed by atoms with E-state index in [1.54, 1.807) is 6.92 Å². The van der Waals surface area contributed by atoms with Crippen LogP contribution in [0.2, 0.25) is 0 Å². The number of carbonyl (C=O) groups is 2. The van der Waals surface area contributed by atoms with Crippen LogP contribution in [0.4, 0.5) is 4.79 Å². The van der Waals surface area contributed by atoms with Crippen molar-refractivity contribution in [2.75, 3.05) is 13.1 Å². The highest BCUT2D eigenvalue weighted by Crippen LogP contribution is 1.99. The van der Waals surface area contributed by atoms with Crippen LogP contribution in [0.5, 0.6) is 0 Å². The Bertz CT molecular complexity index is 276. The number of amides is 2. The van der Waals surface area contributed by atoms with E-state index in [0.29, 0.717) is 19.5 Å². The van der Waals surface area contributed by atoms with Gasteiger partial charge in [0.2, 0.25) is 0 Å². The fourth-order valence-corrected chi connectivity index (χ4v) is 1.23. The van der Waals surface area contributed by atoms with Gasteiger partial charge in [-0.25, -0.2) is 9.59 Å². The first-order chi connectivity index (χ1) is 7.42. The Kier molecular flexibility index (Phi) is 6.22. The summed E-state index contributed by atoms with van der Waals surface area (Å²) in [5, 5.41) is 11.3. The lowest BCUT2D eigenvalue weighted by Crippen LogP contribution is -2.48. The Balaban J connectivity index is 4.40. The van der Waals surface area contributed by atoms with Crippen LogP contribution in [-0.2, 0) is 4.79 Å². The molecule has 0 heterocycles. The number of carboxylic acid groups (broad SMARTS) is 1. The first-order valence-electron chi connectivity index (χ1n) is 5.34. The predicted molar refractivity (Wildman–Crippen MR) is 62.3 cm³/mol. The molecule has 0 bridgehead atoms. The van der Waals surface area contributed by atoms with Crippen LogP contribution in [0.15, 0.2) is 12.2 Å². The minimum atomic E-state index is -1.01. The summed E-state index contributed by atoms with van der Waals surface area (Å²) in [5.74, 6) is -1.01. The van der Waals surface area contributed by atoms with Crippen molar-refractivity contribution in [3.8, 4) is 0 Å². The maximum atomic E-state index is 11.7. The zero-order valence-corrected chi connectivity index (χ0v) is 10.1. The summed E-state index contributed by atoms with van der Waals surface area (Å²) in [6.45, 7) is 10.1. The number of aliphatic carboxylic acids is 1. The van der Waals surface area contributed by atoms with Crippen molar-refractivity contribution in [1.29, 1.82) is 0 Å². The summed E-state index contributed by atoms with van der Waals surface area (Å²) in [4.78, 5) is 24.0. The molecule has 0 spiro atoms. The zero-order chi connectivity index (χ0) is 12.7. The first kappa shape index (κ1) is 14.5. The van der Waals surface area contributed by atoms with Gasteiger partial charge in [-0.3, -0.25) is 0 Å². The molecule has 0 rings (SSSR count). The second kappa shape index (κ2) is 6.87. The van der Waals surface area contributed by atoms with E-state index in [2.05, 4.69) is 11.9 Å². The fourth-order valence-electron chi connectivity index (χ4n) is 1.23. The monoisotopic (exact) mass is 228 g/mol. The molecule has 0 aliphatic heterocycles. The van der Waals surface area contributed by atoms with Crippen LogP contribution in [0.25, 0.3) is 0 Å². The van der Waals surface area contributed by atoms with Gasteiger partial charge in [0, 0.05) is 13.1 Å². The van der Waals surface area contributed by atoms with Gasteiger partial charge in [-0.1, -0.05) is 19.1 Å². The number of carboxylic acids is 1. The third kappa shape index (κ3) is 4.82. The van der Waals surface area contributed by atoms with Crippen molar-refractivity contribution in [2.24, 2.45) is 0 Å². The first-order valence-corrected chi connectivity index (χ1v) is 5.34. The maximum absolute atomic E-state index is 11.7. The molecular formula is C11H20N2O3. The summed E-state index contributed by atoms with van der Waals surface area (Å²) in [6.07, 6.45) is 0.367. The van der Waals surface area contributed by atoms with E-state index in [0.717, 1.165) is 5.57 Å². The van der Waals surface area contributed by atoms with E-state index >= 15 is 0 Å². The Hall–Kier alpha value is -1.52. The molecule has 0 aromatic carbocycles. The Labute approximate surface area is 96.1 Å². The number of hydrogen-bond acceptors (Lipinski definition) is 2. The lowest BCUT2D eigenvalue weighted by Gasteiger charge is -2.23. The number of nitrogens with one attached hydrogen (secondary N) is 1. The van der Waals surface area contributed by atoms with Gasteiger partial charge < -0.3 is 15.3 Å². The fraction of sp³-hybridized carbons (Fsp3) is 0.636. The number of hydrogen-bond donors (Lipinski definition) is 2. The highest BCUT2D eigenvalue weighted by Gasteiger charge is 2.20. The highest BCUT2D eigenvalue weighted by atomic mass is 16.4. The van der Waals surface area contributed by atoms with Crippen LogP contribution in [0.1, 0.15) is 27.2 Å². The standard InChI is InChI=1S/C11H20N2O3/c1-5-9(10(14)15)12-11(16)13(6-2)7-8(3)4/h9H,3,5-7H2,1-2,4H3,(H,12,16)(H,14,15)/t9-/m1/s1. The van der Waals surface area contributed by atoms with Crippen molar-refractivity contribution >= 4 is 12.0 Å². The largest absolute Gasteiger partial charge is 0.480 e. The summed E-state index contributed by atoms with van der Waals surface area (Å²) >= 11 is 0. The highest BCUT2D eigenvalue weighted by molar-refractivity contribution is 5.82. The van der Waals surface area contributed by atoms with E-state index in [4.69, 9.17) is 5.11 Å². The van der Waals surface area contributed by atoms with Crippen LogP contribution in [-0.4, -0.2) is 41.1 Å². The molecule has 2 N–H and O–H groups in total. The molecular weight excluding hydrogens is 208 g/mol. The van der Waals surface area contributed by atoms with Gasteiger partial charge in [-0.2, -0.15) is 0 Å². The summed E-state index contributed by atoms with van der Waals surface area (Å²) in [6, 6.07) is -1.19. The molecule has 0 aliphatic carbocycles. The smallest absolute Gasteiger partial charge is 0.326 e. The molecule has 0 aliphatic rings. The van der Waals surface area contributed by atoms with Gasteiger partial charge in [0.1, 0.15) is 6.04 Å². The SMILES string of the molecule is C=C(C)CN(CC)C(=O)N[C@H](CC)C(=O)O. The summed E-state index contributed by atoms with van der Waals surface area (Å²) in [7, 11) is 0. The van der Waals surface area contributed by atoms with Crippen molar-refractivity contribution in [3.05, 3.63) is 12.2 Å². The number of nitrogens with zero attached hydrogens (tertiary/aromatic N) is 1. The van der Waals surface area contributed by atoms with E-state index in [1.807, 2.05) is 13.8 Å². The molecule has 2 amide bonds. The Morgan fingerprint density at radius 2 is 2.00 bits per heavy atom. The molecule has 0 aromatic heterocycles. The molecule has 5 heteroatoms. The van der Waals surface area contributed by atoms with Crippen molar-refractivity contribution in [2.45, 2.75) is 33.2 Å². The maximum Gasteiger partial charge on any atom is 0.326 e. The third-order valence-corrected chi connectivity index (χ3v) is 2.13. The van der Waals surface area contributed by atoms with E-state index in [1.165, 1.54) is 4.90 Å². The second-order valence-electron chi connectivity index (χ2n) is 3.72. The average Bonchev–Trinajstić information content (AvgIpc) is 2.21. The van der Waals surface area contributed by atoms with Crippen LogP contribution >= 0.6 is 0 Å². The van der Waals surface area contributed by atoms with Crippen LogP contribution < -0.4 is 5.32 Å². The van der Waals surface area contributed by atoms with Gasteiger partial charge >= 0.3 is 12.0 Å². The van der Waals surface area contributed by atoms with Gasteiger partial charge in [0.25, 0.3) is 0 Å². The zero-order valence-electron chi connectivity index (χ0n) is 10.1. The van der Waals surface area contributed by atoms with Gasteiger partial charge in [-0.05, 0) is 20.3 Å². The van der Waals surface area contributed by atoms with Crippen molar-refractivity contribution < 1.29 is 14.7 Å². The molecule has 0 radical (unpaired) electrons. The third-order valence-electron chi connectivity index (χ3n) is 2.13. The van der Waals surface area contributed by atoms with Crippen molar-refractivity contribution in [3.63, 3.8) is 0 Å². The Morgan fingerprint density at radius 1 is 1.44 bits per heavy atom. The second-order valence-corrected chi connectivity index (χ2v) is 3.72. The minimum absolute atomic E-state index is 0.361. The topological polar surface area (TPSA) is 69.6 Å². The van der Waals surface area contributed by atoms with E-state index in [9.17, 15) is 9.59 Å².